The van der Waals surface area contributed by atoms with Crippen LogP contribution in [0.5, 0.6) is 0 Å². The summed E-state index contributed by atoms with van der Waals surface area (Å²) in [4.78, 5) is 24.0. The van der Waals surface area contributed by atoms with Crippen LogP contribution in [0.1, 0.15) is 40.0 Å². The van der Waals surface area contributed by atoms with Gasteiger partial charge in [-0.05, 0) is 50.3 Å². The minimum absolute atomic E-state index is 0.0174. The van der Waals surface area contributed by atoms with Crippen LogP contribution < -0.4 is 0 Å². The lowest BCUT2D eigenvalue weighted by Crippen LogP contribution is -2.17. The molecule has 25 heavy (non-hydrogen) atoms. The van der Waals surface area contributed by atoms with Crippen molar-refractivity contribution in [2.24, 2.45) is 0 Å². The van der Waals surface area contributed by atoms with Gasteiger partial charge in [0.15, 0.2) is 0 Å². The predicted octanol–water partition coefficient (Wildman–Crippen LogP) is 4.43. The molecular weight excluding hydrogens is 316 g/mol. The number of carbonyl (C=O) groups is 1. The van der Waals surface area contributed by atoms with Crippen LogP contribution in [-0.4, -0.2) is 15.4 Å². The van der Waals surface area contributed by atoms with E-state index in [0.717, 1.165) is 42.3 Å². The first-order valence-electron chi connectivity index (χ1n) is 8.49. The Morgan fingerprint density at radius 1 is 1.12 bits per heavy atom. The van der Waals surface area contributed by atoms with Gasteiger partial charge in [0.2, 0.25) is 0 Å². The molecule has 0 atom stereocenters. The van der Waals surface area contributed by atoms with E-state index in [1.807, 2.05) is 18.2 Å². The van der Waals surface area contributed by atoms with Gasteiger partial charge in [-0.2, -0.15) is 0 Å². The van der Waals surface area contributed by atoms with E-state index in [1.165, 1.54) is 11.6 Å². The summed E-state index contributed by atoms with van der Waals surface area (Å²) in [5, 5.41) is 12.3. The molecule has 0 bridgehead atoms. The van der Waals surface area contributed by atoms with Crippen LogP contribution in [0, 0.1) is 17.0 Å². The SMILES string of the molecule is Cc1ccc(C(=O)n2c3c(c4ccccc42)CCCC3)cc1[N+](=O)[O-]. The first kappa shape index (κ1) is 15.6. The maximum absolute atomic E-state index is 13.2. The summed E-state index contributed by atoms with van der Waals surface area (Å²) in [5.74, 6) is -0.192. The van der Waals surface area contributed by atoms with Crippen molar-refractivity contribution >= 4 is 22.5 Å². The number of nitro benzene ring substituents is 1. The second-order valence-electron chi connectivity index (χ2n) is 6.55. The lowest BCUT2D eigenvalue weighted by molar-refractivity contribution is -0.385. The van der Waals surface area contributed by atoms with Crippen LogP contribution in [-0.2, 0) is 12.8 Å². The summed E-state index contributed by atoms with van der Waals surface area (Å²) in [6, 6.07) is 12.6. The molecule has 1 aliphatic rings. The van der Waals surface area contributed by atoms with Crippen LogP contribution in [0.25, 0.3) is 10.9 Å². The first-order valence-corrected chi connectivity index (χ1v) is 8.49. The Labute approximate surface area is 145 Å². The number of para-hydroxylation sites is 1. The predicted molar refractivity (Wildman–Crippen MR) is 96.1 cm³/mol. The highest BCUT2D eigenvalue weighted by molar-refractivity contribution is 6.04. The Morgan fingerprint density at radius 2 is 1.88 bits per heavy atom. The average molecular weight is 334 g/mol. The summed E-state index contributed by atoms with van der Waals surface area (Å²) in [6.45, 7) is 1.68. The summed E-state index contributed by atoms with van der Waals surface area (Å²) >= 11 is 0. The van der Waals surface area contributed by atoms with E-state index < -0.39 is 4.92 Å². The molecule has 2 aromatic carbocycles. The molecule has 0 amide bonds. The third-order valence-corrected chi connectivity index (χ3v) is 5.03. The number of hydrogen-bond donors (Lipinski definition) is 0. The van der Waals surface area contributed by atoms with Gasteiger partial charge in [-0.15, -0.1) is 0 Å². The monoisotopic (exact) mass is 334 g/mol. The van der Waals surface area contributed by atoms with Gasteiger partial charge >= 0.3 is 0 Å². The fourth-order valence-electron chi connectivity index (χ4n) is 3.80. The lowest BCUT2D eigenvalue weighted by atomic mass is 9.95. The third kappa shape index (κ3) is 2.43. The Bertz CT molecular complexity index is 1020. The van der Waals surface area contributed by atoms with Gasteiger partial charge < -0.3 is 0 Å². The molecule has 1 aromatic heterocycles. The second-order valence-corrected chi connectivity index (χ2v) is 6.55. The van der Waals surface area contributed by atoms with Gasteiger partial charge in [-0.3, -0.25) is 19.5 Å². The number of nitro groups is 1. The summed E-state index contributed by atoms with van der Waals surface area (Å²) in [7, 11) is 0. The van der Waals surface area contributed by atoms with Crippen LogP contribution in [0.15, 0.2) is 42.5 Å². The zero-order chi connectivity index (χ0) is 17.6. The molecule has 0 unspecified atom stereocenters. The van der Waals surface area contributed by atoms with Crippen molar-refractivity contribution in [1.29, 1.82) is 0 Å². The number of nitrogens with zero attached hydrogens (tertiary/aromatic N) is 2. The van der Waals surface area contributed by atoms with Crippen LogP contribution in [0.2, 0.25) is 0 Å². The number of aryl methyl sites for hydroxylation is 2. The van der Waals surface area contributed by atoms with Crippen LogP contribution in [0.4, 0.5) is 5.69 Å². The van der Waals surface area contributed by atoms with E-state index in [4.69, 9.17) is 0 Å². The highest BCUT2D eigenvalue weighted by Crippen LogP contribution is 2.33. The number of fused-ring (bicyclic) bond motifs is 3. The smallest absolute Gasteiger partial charge is 0.273 e. The van der Waals surface area contributed by atoms with Gasteiger partial charge in [0.05, 0.1) is 10.4 Å². The van der Waals surface area contributed by atoms with E-state index in [0.29, 0.717) is 11.1 Å². The van der Waals surface area contributed by atoms with Crippen LogP contribution >= 0.6 is 0 Å². The highest BCUT2D eigenvalue weighted by Gasteiger charge is 2.25. The second kappa shape index (κ2) is 5.84. The number of carbonyl (C=O) groups excluding carboxylic acids is 1. The molecular formula is C20H18N2O3. The minimum Gasteiger partial charge on any atom is -0.280 e. The molecule has 5 nitrogen and oxygen atoms in total. The zero-order valence-electron chi connectivity index (χ0n) is 14.0. The largest absolute Gasteiger partial charge is 0.280 e. The van der Waals surface area contributed by atoms with Crippen molar-refractivity contribution in [3.8, 4) is 0 Å². The molecule has 1 aliphatic carbocycles. The van der Waals surface area contributed by atoms with E-state index in [-0.39, 0.29) is 11.6 Å². The molecule has 0 spiro atoms. The Morgan fingerprint density at radius 3 is 2.68 bits per heavy atom. The van der Waals surface area contributed by atoms with E-state index in [1.54, 1.807) is 23.6 Å². The fourth-order valence-corrected chi connectivity index (χ4v) is 3.80. The third-order valence-electron chi connectivity index (χ3n) is 5.03. The Hall–Kier alpha value is -2.95. The van der Waals surface area contributed by atoms with Crippen molar-refractivity contribution in [1.82, 2.24) is 4.57 Å². The normalized spacial score (nSPS) is 13.6. The van der Waals surface area contributed by atoms with Gasteiger partial charge in [0.1, 0.15) is 0 Å². The van der Waals surface area contributed by atoms with Crippen molar-refractivity contribution in [2.45, 2.75) is 32.6 Å². The summed E-state index contributed by atoms with van der Waals surface area (Å²) in [6.07, 6.45) is 4.03. The van der Waals surface area contributed by atoms with Crippen molar-refractivity contribution in [3.05, 3.63) is 75.0 Å². The quantitative estimate of drug-likeness (QED) is 0.514. The Kier molecular flexibility index (Phi) is 3.64. The number of hydrogen-bond acceptors (Lipinski definition) is 3. The Balaban J connectivity index is 1.92. The molecule has 0 N–H and O–H groups in total. The van der Waals surface area contributed by atoms with E-state index in [9.17, 15) is 14.9 Å². The zero-order valence-corrected chi connectivity index (χ0v) is 14.0. The lowest BCUT2D eigenvalue weighted by Gasteiger charge is -2.15. The molecule has 3 aromatic rings. The van der Waals surface area contributed by atoms with Crippen molar-refractivity contribution in [3.63, 3.8) is 0 Å². The molecule has 126 valence electrons. The maximum atomic E-state index is 13.2. The molecule has 0 aliphatic heterocycles. The molecule has 0 fully saturated rings. The van der Waals surface area contributed by atoms with Crippen molar-refractivity contribution in [2.75, 3.05) is 0 Å². The van der Waals surface area contributed by atoms with Gasteiger partial charge in [0, 0.05) is 28.3 Å². The summed E-state index contributed by atoms with van der Waals surface area (Å²) in [5.41, 5.74) is 4.09. The standard InChI is InChI=1S/C20H18N2O3/c1-13-10-11-14(12-19(13)22(24)25)20(23)21-17-8-4-2-6-15(17)16-7-3-5-9-18(16)21/h2,4,6,8,10-12H,3,5,7,9H2,1H3. The average Bonchev–Trinajstić information content (AvgIpc) is 2.96. The minimum atomic E-state index is -0.435. The summed E-state index contributed by atoms with van der Waals surface area (Å²) < 4.78 is 1.76. The maximum Gasteiger partial charge on any atom is 0.273 e. The molecule has 0 saturated carbocycles. The number of rotatable bonds is 2. The number of benzene rings is 2. The molecule has 4 rings (SSSR count). The topological polar surface area (TPSA) is 65.1 Å². The first-order chi connectivity index (χ1) is 12.1. The van der Waals surface area contributed by atoms with E-state index in [2.05, 4.69) is 6.07 Å². The van der Waals surface area contributed by atoms with E-state index >= 15 is 0 Å². The van der Waals surface area contributed by atoms with Crippen molar-refractivity contribution < 1.29 is 9.72 Å². The molecule has 0 radical (unpaired) electrons. The highest BCUT2D eigenvalue weighted by atomic mass is 16.6. The van der Waals surface area contributed by atoms with Gasteiger partial charge in [0.25, 0.3) is 11.6 Å². The van der Waals surface area contributed by atoms with Gasteiger partial charge in [-0.25, -0.2) is 0 Å². The number of aromatic nitrogens is 1. The molecule has 0 saturated heterocycles. The molecule has 1 heterocycles. The molecule has 5 heteroatoms. The van der Waals surface area contributed by atoms with Gasteiger partial charge in [-0.1, -0.05) is 24.3 Å². The fraction of sp³-hybridized carbons (Fsp3) is 0.250. The van der Waals surface area contributed by atoms with Crippen LogP contribution in [0.3, 0.4) is 0 Å².